The van der Waals surface area contributed by atoms with Crippen LogP contribution in [0.4, 0.5) is 0 Å². The summed E-state index contributed by atoms with van der Waals surface area (Å²) < 4.78 is 4.95. The molecule has 0 atom stereocenters. The van der Waals surface area contributed by atoms with Gasteiger partial charge in [-0.2, -0.15) is 0 Å². The standard InChI is InChI=1S/C14H22N2O4/c1-10-13(11(2)20-16-10)14(19)15-9-7-5-3-4-6-8-12(17)18/h3-9H2,1-2H3,(H,15,19)(H,17,18). The van der Waals surface area contributed by atoms with Crippen LogP contribution >= 0.6 is 0 Å². The summed E-state index contributed by atoms with van der Waals surface area (Å²) in [6, 6.07) is 0. The SMILES string of the molecule is Cc1noc(C)c1C(=O)NCCCCCCCC(=O)O. The van der Waals surface area contributed by atoms with E-state index in [4.69, 9.17) is 9.63 Å². The highest BCUT2D eigenvalue weighted by Crippen LogP contribution is 2.11. The van der Waals surface area contributed by atoms with Gasteiger partial charge in [0.1, 0.15) is 11.3 Å². The van der Waals surface area contributed by atoms with Crippen LogP contribution in [0, 0.1) is 13.8 Å². The number of amides is 1. The van der Waals surface area contributed by atoms with Gasteiger partial charge in [-0.25, -0.2) is 0 Å². The molecule has 1 heterocycles. The number of unbranched alkanes of at least 4 members (excludes halogenated alkanes) is 4. The fraction of sp³-hybridized carbons (Fsp3) is 0.643. The Labute approximate surface area is 118 Å². The Morgan fingerprint density at radius 3 is 2.40 bits per heavy atom. The van der Waals surface area contributed by atoms with Gasteiger partial charge in [0.05, 0.1) is 5.69 Å². The van der Waals surface area contributed by atoms with Crippen molar-refractivity contribution >= 4 is 11.9 Å². The lowest BCUT2D eigenvalue weighted by molar-refractivity contribution is -0.137. The molecule has 0 unspecified atom stereocenters. The number of aliphatic carboxylic acids is 1. The topological polar surface area (TPSA) is 92.4 Å². The number of aromatic nitrogens is 1. The van der Waals surface area contributed by atoms with Crippen LogP contribution in [0.2, 0.25) is 0 Å². The first-order valence-corrected chi connectivity index (χ1v) is 6.95. The molecule has 6 nitrogen and oxygen atoms in total. The average Bonchev–Trinajstić information content (AvgIpc) is 2.71. The van der Waals surface area contributed by atoms with Crippen molar-refractivity contribution in [2.45, 2.75) is 52.4 Å². The lowest BCUT2D eigenvalue weighted by Gasteiger charge is -2.04. The Morgan fingerprint density at radius 1 is 1.15 bits per heavy atom. The summed E-state index contributed by atoms with van der Waals surface area (Å²) in [5.74, 6) is -0.350. The molecule has 0 aliphatic heterocycles. The molecule has 1 rings (SSSR count). The molecule has 112 valence electrons. The van der Waals surface area contributed by atoms with Crippen LogP contribution in [-0.2, 0) is 4.79 Å². The zero-order valence-corrected chi connectivity index (χ0v) is 12.1. The zero-order chi connectivity index (χ0) is 15.0. The Balaban J connectivity index is 2.10. The molecule has 0 saturated heterocycles. The summed E-state index contributed by atoms with van der Waals surface area (Å²) in [6.07, 6.45) is 4.76. The van der Waals surface area contributed by atoms with Crippen molar-refractivity contribution in [3.05, 3.63) is 17.0 Å². The third kappa shape index (κ3) is 5.42. The summed E-state index contributed by atoms with van der Waals surface area (Å²) in [5.41, 5.74) is 1.13. The highest BCUT2D eigenvalue weighted by atomic mass is 16.5. The number of nitrogens with zero attached hydrogens (tertiary/aromatic N) is 1. The third-order valence-electron chi connectivity index (χ3n) is 3.11. The highest BCUT2D eigenvalue weighted by Gasteiger charge is 2.16. The fourth-order valence-corrected chi connectivity index (χ4v) is 2.03. The first-order valence-electron chi connectivity index (χ1n) is 6.95. The summed E-state index contributed by atoms with van der Waals surface area (Å²) in [5, 5.41) is 15.1. The van der Waals surface area contributed by atoms with Gasteiger partial charge in [0.2, 0.25) is 0 Å². The van der Waals surface area contributed by atoms with E-state index in [-0.39, 0.29) is 12.3 Å². The first-order chi connectivity index (χ1) is 9.52. The lowest BCUT2D eigenvalue weighted by atomic mass is 10.1. The fourth-order valence-electron chi connectivity index (χ4n) is 2.03. The molecule has 0 fully saturated rings. The van der Waals surface area contributed by atoms with Gasteiger partial charge in [-0.15, -0.1) is 0 Å². The van der Waals surface area contributed by atoms with Gasteiger partial charge < -0.3 is 14.9 Å². The third-order valence-corrected chi connectivity index (χ3v) is 3.11. The van der Waals surface area contributed by atoms with Gasteiger partial charge in [0.15, 0.2) is 0 Å². The predicted octanol–water partition coefficient (Wildman–Crippen LogP) is 2.45. The van der Waals surface area contributed by atoms with Crippen LogP contribution in [0.5, 0.6) is 0 Å². The molecule has 20 heavy (non-hydrogen) atoms. The normalized spacial score (nSPS) is 10.5. The number of carbonyl (C=O) groups excluding carboxylic acids is 1. The van der Waals surface area contributed by atoms with Crippen molar-refractivity contribution in [3.8, 4) is 0 Å². The van der Waals surface area contributed by atoms with Gasteiger partial charge in [0.25, 0.3) is 5.91 Å². The second kappa shape index (κ2) is 8.35. The van der Waals surface area contributed by atoms with E-state index in [1.54, 1.807) is 13.8 Å². The van der Waals surface area contributed by atoms with E-state index in [1.807, 2.05) is 0 Å². The van der Waals surface area contributed by atoms with Crippen LogP contribution < -0.4 is 5.32 Å². The maximum atomic E-state index is 11.9. The average molecular weight is 282 g/mol. The summed E-state index contributed by atoms with van der Waals surface area (Å²) in [6.45, 7) is 4.08. The van der Waals surface area contributed by atoms with E-state index in [0.717, 1.165) is 32.1 Å². The molecule has 0 spiro atoms. The molecule has 1 amide bonds. The molecule has 1 aromatic rings. The Bertz CT molecular complexity index is 435. The minimum Gasteiger partial charge on any atom is -0.481 e. The van der Waals surface area contributed by atoms with E-state index < -0.39 is 5.97 Å². The molecule has 0 aliphatic rings. The molecule has 6 heteroatoms. The minimum atomic E-state index is -0.739. The molecule has 1 aromatic heterocycles. The predicted molar refractivity (Wildman–Crippen MR) is 73.6 cm³/mol. The van der Waals surface area contributed by atoms with E-state index in [1.165, 1.54) is 0 Å². The number of hydrogen-bond acceptors (Lipinski definition) is 4. The Morgan fingerprint density at radius 2 is 1.80 bits per heavy atom. The van der Waals surface area contributed by atoms with E-state index in [2.05, 4.69) is 10.5 Å². The number of hydrogen-bond donors (Lipinski definition) is 2. The second-order valence-corrected chi connectivity index (χ2v) is 4.87. The number of rotatable bonds is 9. The summed E-state index contributed by atoms with van der Waals surface area (Å²) in [7, 11) is 0. The number of carboxylic acid groups (broad SMARTS) is 1. The Hall–Kier alpha value is -1.85. The molecular weight excluding hydrogens is 260 g/mol. The van der Waals surface area contributed by atoms with Crippen molar-refractivity contribution in [2.75, 3.05) is 6.54 Å². The molecule has 0 bridgehead atoms. The maximum Gasteiger partial charge on any atom is 0.303 e. The van der Waals surface area contributed by atoms with Crippen LogP contribution in [0.3, 0.4) is 0 Å². The highest BCUT2D eigenvalue weighted by molar-refractivity contribution is 5.96. The number of aryl methyl sites for hydroxylation is 2. The number of nitrogens with one attached hydrogen (secondary N) is 1. The number of carboxylic acids is 1. The van der Waals surface area contributed by atoms with Gasteiger partial charge in [-0.1, -0.05) is 24.4 Å². The van der Waals surface area contributed by atoms with Crippen LogP contribution in [0.15, 0.2) is 4.52 Å². The lowest BCUT2D eigenvalue weighted by Crippen LogP contribution is -2.25. The molecule has 0 aromatic carbocycles. The van der Waals surface area contributed by atoms with Crippen molar-refractivity contribution < 1.29 is 19.2 Å². The van der Waals surface area contributed by atoms with Crippen molar-refractivity contribution in [3.63, 3.8) is 0 Å². The molecular formula is C14H22N2O4. The largest absolute Gasteiger partial charge is 0.481 e. The van der Waals surface area contributed by atoms with Gasteiger partial charge in [-0.05, 0) is 26.7 Å². The molecule has 2 N–H and O–H groups in total. The molecule has 0 radical (unpaired) electrons. The monoisotopic (exact) mass is 282 g/mol. The zero-order valence-electron chi connectivity index (χ0n) is 12.1. The molecule has 0 aliphatic carbocycles. The van der Waals surface area contributed by atoms with E-state index in [9.17, 15) is 9.59 Å². The second-order valence-electron chi connectivity index (χ2n) is 4.87. The van der Waals surface area contributed by atoms with Crippen molar-refractivity contribution in [1.82, 2.24) is 10.5 Å². The van der Waals surface area contributed by atoms with Crippen LogP contribution in [0.25, 0.3) is 0 Å². The van der Waals surface area contributed by atoms with Gasteiger partial charge in [-0.3, -0.25) is 9.59 Å². The Kier molecular flexibility index (Phi) is 6.76. The summed E-state index contributed by atoms with van der Waals surface area (Å²) >= 11 is 0. The van der Waals surface area contributed by atoms with Crippen LogP contribution in [-0.4, -0.2) is 28.7 Å². The molecule has 0 saturated carbocycles. The van der Waals surface area contributed by atoms with E-state index >= 15 is 0 Å². The van der Waals surface area contributed by atoms with Gasteiger partial charge >= 0.3 is 5.97 Å². The summed E-state index contributed by atoms with van der Waals surface area (Å²) in [4.78, 5) is 22.2. The van der Waals surface area contributed by atoms with Crippen molar-refractivity contribution in [2.24, 2.45) is 0 Å². The van der Waals surface area contributed by atoms with E-state index in [0.29, 0.717) is 23.6 Å². The minimum absolute atomic E-state index is 0.146. The quantitative estimate of drug-likeness (QED) is 0.679. The van der Waals surface area contributed by atoms with Crippen LogP contribution in [0.1, 0.15) is 60.3 Å². The van der Waals surface area contributed by atoms with Gasteiger partial charge in [0, 0.05) is 13.0 Å². The maximum absolute atomic E-state index is 11.9. The first kappa shape index (κ1) is 16.2. The smallest absolute Gasteiger partial charge is 0.303 e. The number of carbonyl (C=O) groups is 2. The van der Waals surface area contributed by atoms with Crippen molar-refractivity contribution in [1.29, 1.82) is 0 Å².